The molecule has 136 valence electrons. The Kier molecular flexibility index (Phi) is 22.3. The van der Waals surface area contributed by atoms with Crippen molar-refractivity contribution in [2.45, 2.75) is 95.9 Å². The van der Waals surface area contributed by atoms with E-state index in [4.69, 9.17) is 0 Å². The number of carbonyl (C=O) groups is 2. The lowest BCUT2D eigenvalue weighted by atomic mass is 10.00. The summed E-state index contributed by atoms with van der Waals surface area (Å²) >= 11 is 0. The predicted octanol–water partition coefficient (Wildman–Crippen LogP) is 6.57. The number of hydrogen-bond donors (Lipinski definition) is 0. The Labute approximate surface area is 141 Å². The largest absolute Gasteiger partial charge is 0.300 e. The Hall–Kier alpha value is -0.660. The van der Waals surface area contributed by atoms with Gasteiger partial charge in [-0.15, -0.1) is 0 Å². The van der Waals surface area contributed by atoms with Crippen LogP contribution < -0.4 is 0 Å². The highest BCUT2D eigenvalue weighted by molar-refractivity contribution is 5.80. The van der Waals surface area contributed by atoms with Gasteiger partial charge in [0.25, 0.3) is 0 Å². The van der Waals surface area contributed by atoms with E-state index in [9.17, 15) is 9.59 Å². The molecule has 0 spiro atoms. The summed E-state index contributed by atoms with van der Waals surface area (Å²) in [6.45, 7) is 16.5. The van der Waals surface area contributed by atoms with Crippen LogP contribution in [-0.2, 0) is 9.59 Å². The minimum absolute atomic E-state index is 0. The number of carbonyl (C=O) groups excluding carboxylic acids is 2. The van der Waals surface area contributed by atoms with Gasteiger partial charge in [-0.05, 0) is 24.2 Å². The fraction of sp³-hybridized carbons (Fsp3) is 0.900. The topological polar surface area (TPSA) is 34.1 Å². The molecule has 0 saturated carbocycles. The molecule has 0 unspecified atom stereocenters. The van der Waals surface area contributed by atoms with E-state index in [-0.39, 0.29) is 20.8 Å². The molecule has 0 aliphatic carbocycles. The van der Waals surface area contributed by atoms with Gasteiger partial charge in [0.15, 0.2) is 0 Å². The fourth-order valence-electron chi connectivity index (χ4n) is 1.71. The van der Waals surface area contributed by atoms with Gasteiger partial charge in [-0.25, -0.2) is 0 Å². The average molecular weight is 317 g/mol. The first kappa shape index (κ1) is 29.4. The van der Waals surface area contributed by atoms with Crippen molar-refractivity contribution in [2.24, 2.45) is 23.7 Å². The molecule has 0 N–H and O–H groups in total. The quantitative estimate of drug-likeness (QED) is 0.507. The van der Waals surface area contributed by atoms with Crippen molar-refractivity contribution >= 4 is 11.6 Å². The molecule has 0 amide bonds. The van der Waals surface area contributed by atoms with Crippen LogP contribution in [0.15, 0.2) is 0 Å². The summed E-state index contributed by atoms with van der Waals surface area (Å²) in [5, 5.41) is 0. The number of rotatable bonds is 8. The van der Waals surface area contributed by atoms with Gasteiger partial charge in [-0.1, -0.05) is 70.2 Å². The molecule has 0 saturated heterocycles. The monoisotopic (exact) mass is 316 g/mol. The summed E-state index contributed by atoms with van der Waals surface area (Å²) < 4.78 is 0. The van der Waals surface area contributed by atoms with E-state index < -0.39 is 0 Å². The predicted molar refractivity (Wildman–Crippen MR) is 101 cm³/mol. The maximum atomic E-state index is 11.1. The minimum Gasteiger partial charge on any atom is -0.300 e. The second kappa shape index (κ2) is 16.7. The second-order valence-electron chi connectivity index (χ2n) is 7.29. The Morgan fingerprint density at radius 1 is 0.682 bits per heavy atom. The number of hydrogen-bond acceptors (Lipinski definition) is 2. The van der Waals surface area contributed by atoms with Gasteiger partial charge in [0.05, 0.1) is 0 Å². The van der Waals surface area contributed by atoms with Gasteiger partial charge < -0.3 is 0 Å². The van der Waals surface area contributed by atoms with Crippen LogP contribution >= 0.6 is 0 Å². The molecule has 2 heteroatoms. The molecule has 0 heterocycles. The van der Waals surface area contributed by atoms with Gasteiger partial charge in [0.1, 0.15) is 11.6 Å². The number of Topliss-reactive ketones (excluding diaryl/α,β-unsaturated/α-hetero) is 2. The van der Waals surface area contributed by atoms with Crippen molar-refractivity contribution in [3.05, 3.63) is 0 Å². The molecule has 22 heavy (non-hydrogen) atoms. The smallest absolute Gasteiger partial charge is 0.135 e. The van der Waals surface area contributed by atoms with Gasteiger partial charge in [0, 0.05) is 25.2 Å². The van der Waals surface area contributed by atoms with E-state index >= 15 is 0 Å². The van der Waals surface area contributed by atoms with E-state index in [0.29, 0.717) is 29.3 Å². The Morgan fingerprint density at radius 3 is 1.27 bits per heavy atom. The van der Waals surface area contributed by atoms with Crippen LogP contribution in [0, 0.1) is 23.7 Å². The van der Waals surface area contributed by atoms with Crippen molar-refractivity contribution in [1.82, 2.24) is 0 Å². The van der Waals surface area contributed by atoms with Crippen LogP contribution in [0.25, 0.3) is 0 Å². The van der Waals surface area contributed by atoms with Gasteiger partial charge in [-0.2, -0.15) is 0 Å². The molecule has 2 nitrogen and oxygen atoms in total. The van der Waals surface area contributed by atoms with Crippen molar-refractivity contribution in [2.75, 3.05) is 0 Å². The maximum Gasteiger partial charge on any atom is 0.135 e. The van der Waals surface area contributed by atoms with Crippen LogP contribution in [-0.4, -0.2) is 11.6 Å². The normalized spacial score (nSPS) is 10.0. The third-order valence-corrected chi connectivity index (χ3v) is 2.88. The lowest BCUT2D eigenvalue weighted by Crippen LogP contribution is -2.07. The molecule has 0 fully saturated rings. The van der Waals surface area contributed by atoms with Crippen molar-refractivity contribution < 1.29 is 9.59 Å². The second-order valence-corrected chi connectivity index (χ2v) is 7.29. The van der Waals surface area contributed by atoms with Crippen molar-refractivity contribution in [1.29, 1.82) is 0 Å². The Balaban J connectivity index is -0.000000135. The SMILES string of the molecule is C.C.CC(C)CC(=O)CC(C)C.CC(C)CCC(=O)C(C)C. The van der Waals surface area contributed by atoms with E-state index in [1.807, 2.05) is 13.8 Å². The lowest BCUT2D eigenvalue weighted by molar-refractivity contribution is -0.122. The first-order chi connectivity index (χ1) is 9.06. The highest BCUT2D eigenvalue weighted by Crippen LogP contribution is 2.08. The van der Waals surface area contributed by atoms with E-state index in [0.717, 1.165) is 25.7 Å². The molecular weight excluding hydrogens is 272 g/mol. The molecular formula is C20H44O2. The fourth-order valence-corrected chi connectivity index (χ4v) is 1.71. The summed E-state index contributed by atoms with van der Waals surface area (Å²) in [6, 6.07) is 0. The summed E-state index contributed by atoms with van der Waals surface area (Å²) in [7, 11) is 0. The van der Waals surface area contributed by atoms with E-state index in [2.05, 4.69) is 41.5 Å². The summed E-state index contributed by atoms with van der Waals surface area (Å²) in [5.74, 6) is 2.72. The van der Waals surface area contributed by atoms with Crippen LogP contribution in [0.5, 0.6) is 0 Å². The van der Waals surface area contributed by atoms with Gasteiger partial charge in [-0.3, -0.25) is 9.59 Å². The van der Waals surface area contributed by atoms with Crippen LogP contribution in [0.3, 0.4) is 0 Å². The highest BCUT2D eigenvalue weighted by atomic mass is 16.1. The molecule has 0 rings (SSSR count). The van der Waals surface area contributed by atoms with E-state index in [1.54, 1.807) is 0 Å². The molecule has 0 aliphatic rings. The molecule has 0 aliphatic heterocycles. The molecule has 0 aromatic carbocycles. The van der Waals surface area contributed by atoms with Crippen molar-refractivity contribution in [3.8, 4) is 0 Å². The molecule has 0 atom stereocenters. The Morgan fingerprint density at radius 2 is 1.05 bits per heavy atom. The molecule has 0 bridgehead atoms. The van der Waals surface area contributed by atoms with Crippen LogP contribution in [0.4, 0.5) is 0 Å². The molecule has 0 aromatic rings. The van der Waals surface area contributed by atoms with Crippen LogP contribution in [0.1, 0.15) is 95.9 Å². The first-order valence-electron chi connectivity index (χ1n) is 8.10. The standard InChI is InChI=1S/2C9H18O.2CH4/c1-7(2)5-9(10)6-8(3)4;1-7(2)5-6-9(10)8(3)4;;/h2*7-8H,5-6H2,1-4H3;2*1H4. The lowest BCUT2D eigenvalue weighted by Gasteiger charge is -2.05. The van der Waals surface area contributed by atoms with Crippen LogP contribution in [0.2, 0.25) is 0 Å². The van der Waals surface area contributed by atoms with Crippen molar-refractivity contribution in [3.63, 3.8) is 0 Å². The molecule has 0 aromatic heterocycles. The summed E-state index contributed by atoms with van der Waals surface area (Å²) in [5.41, 5.74) is 0. The maximum absolute atomic E-state index is 11.1. The third kappa shape index (κ3) is 24.4. The zero-order chi connectivity index (χ0) is 16.3. The first-order valence-corrected chi connectivity index (χ1v) is 8.10. The molecule has 0 radical (unpaired) electrons. The third-order valence-electron chi connectivity index (χ3n) is 2.88. The minimum atomic E-state index is 0. The zero-order valence-corrected chi connectivity index (χ0v) is 15.0. The summed E-state index contributed by atoms with van der Waals surface area (Å²) in [6.07, 6.45) is 3.29. The number of ketones is 2. The summed E-state index contributed by atoms with van der Waals surface area (Å²) in [4.78, 5) is 22.1. The Bertz CT molecular complexity index is 251. The van der Waals surface area contributed by atoms with Gasteiger partial charge in [0.2, 0.25) is 0 Å². The van der Waals surface area contributed by atoms with E-state index in [1.165, 1.54) is 0 Å². The highest BCUT2D eigenvalue weighted by Gasteiger charge is 2.07. The van der Waals surface area contributed by atoms with Gasteiger partial charge >= 0.3 is 0 Å². The average Bonchev–Trinajstić information content (AvgIpc) is 2.23. The zero-order valence-electron chi connectivity index (χ0n) is 15.0.